The van der Waals surface area contributed by atoms with Gasteiger partial charge in [-0.2, -0.15) is 11.8 Å². The van der Waals surface area contributed by atoms with Gasteiger partial charge in [-0.3, -0.25) is 0 Å². The first-order valence-corrected chi connectivity index (χ1v) is 8.31. The van der Waals surface area contributed by atoms with E-state index in [2.05, 4.69) is 9.71 Å². The standard InChI is InChI=1S/C9H16ClN3O3S2/c1-6(7(4-14)17-3)12-18(15,16)9-8(10)13(2)5-11-9/h5-7,12,14H,4H2,1-3H3. The fraction of sp³-hybridized carbons (Fsp3) is 0.667. The molecule has 9 heteroatoms. The molecular formula is C9H16ClN3O3S2. The summed E-state index contributed by atoms with van der Waals surface area (Å²) in [5.74, 6) is 0. The van der Waals surface area contributed by atoms with E-state index in [1.165, 1.54) is 22.7 Å². The van der Waals surface area contributed by atoms with Crippen LogP contribution < -0.4 is 4.72 Å². The van der Waals surface area contributed by atoms with Crippen molar-refractivity contribution in [3.63, 3.8) is 0 Å². The van der Waals surface area contributed by atoms with Crippen molar-refractivity contribution in [3.05, 3.63) is 11.5 Å². The van der Waals surface area contributed by atoms with Crippen molar-refractivity contribution in [1.82, 2.24) is 14.3 Å². The number of hydrogen-bond donors (Lipinski definition) is 2. The predicted molar refractivity (Wildman–Crippen MR) is 72.4 cm³/mol. The average molecular weight is 314 g/mol. The minimum Gasteiger partial charge on any atom is -0.395 e. The van der Waals surface area contributed by atoms with Gasteiger partial charge >= 0.3 is 0 Å². The third kappa shape index (κ3) is 3.39. The molecule has 1 aromatic heterocycles. The number of thioether (sulfide) groups is 1. The molecule has 0 fully saturated rings. The third-order valence-electron chi connectivity index (χ3n) is 2.47. The van der Waals surface area contributed by atoms with Crippen LogP contribution in [0.25, 0.3) is 0 Å². The lowest BCUT2D eigenvalue weighted by Crippen LogP contribution is -2.41. The molecule has 2 N–H and O–H groups in total. The SMILES string of the molecule is CSC(CO)C(C)NS(=O)(=O)c1ncn(C)c1Cl. The minimum absolute atomic E-state index is 0.0550. The number of nitrogens with zero attached hydrogens (tertiary/aromatic N) is 2. The molecule has 6 nitrogen and oxygen atoms in total. The second kappa shape index (κ2) is 6.25. The van der Waals surface area contributed by atoms with E-state index in [-0.39, 0.29) is 22.0 Å². The van der Waals surface area contributed by atoms with E-state index in [1.807, 2.05) is 0 Å². The van der Waals surface area contributed by atoms with E-state index in [0.717, 1.165) is 0 Å². The van der Waals surface area contributed by atoms with E-state index < -0.39 is 16.1 Å². The van der Waals surface area contributed by atoms with Crippen LogP contribution in [0, 0.1) is 0 Å². The Labute approximate surface area is 116 Å². The van der Waals surface area contributed by atoms with Crippen molar-refractivity contribution in [1.29, 1.82) is 0 Å². The summed E-state index contributed by atoms with van der Waals surface area (Å²) in [4.78, 5) is 3.76. The molecule has 0 aliphatic heterocycles. The number of aryl methyl sites for hydroxylation is 1. The van der Waals surface area contributed by atoms with Crippen molar-refractivity contribution in [2.75, 3.05) is 12.9 Å². The van der Waals surface area contributed by atoms with Gasteiger partial charge in [0, 0.05) is 18.3 Å². The van der Waals surface area contributed by atoms with E-state index in [4.69, 9.17) is 16.7 Å². The van der Waals surface area contributed by atoms with Crippen LogP contribution in [0.1, 0.15) is 6.92 Å². The van der Waals surface area contributed by atoms with Gasteiger partial charge in [-0.25, -0.2) is 18.1 Å². The average Bonchev–Trinajstić information content (AvgIpc) is 2.61. The molecule has 1 aromatic rings. The number of aromatic nitrogens is 2. The molecule has 0 aromatic carbocycles. The quantitative estimate of drug-likeness (QED) is 0.797. The highest BCUT2D eigenvalue weighted by atomic mass is 35.5. The van der Waals surface area contributed by atoms with Gasteiger partial charge in [0.1, 0.15) is 5.15 Å². The molecule has 0 amide bonds. The maximum atomic E-state index is 12.1. The van der Waals surface area contributed by atoms with Gasteiger partial charge in [0.25, 0.3) is 10.0 Å². The van der Waals surface area contributed by atoms with Crippen LogP contribution >= 0.6 is 23.4 Å². The maximum absolute atomic E-state index is 12.1. The lowest BCUT2D eigenvalue weighted by molar-refractivity contribution is 0.282. The molecule has 0 radical (unpaired) electrons. The Morgan fingerprint density at radius 2 is 2.28 bits per heavy atom. The fourth-order valence-corrected chi connectivity index (χ4v) is 3.81. The summed E-state index contributed by atoms with van der Waals surface area (Å²) in [5.41, 5.74) is 0. The highest BCUT2D eigenvalue weighted by Crippen LogP contribution is 2.20. The summed E-state index contributed by atoms with van der Waals surface area (Å²) < 4.78 is 28.0. The van der Waals surface area contributed by atoms with Crippen molar-refractivity contribution in [2.45, 2.75) is 23.2 Å². The van der Waals surface area contributed by atoms with Crippen LogP contribution in [-0.2, 0) is 17.1 Å². The molecule has 2 atom stereocenters. The van der Waals surface area contributed by atoms with Gasteiger partial charge in [-0.15, -0.1) is 0 Å². The number of rotatable bonds is 6. The summed E-state index contributed by atoms with van der Waals surface area (Å²) in [7, 11) is -2.17. The summed E-state index contributed by atoms with van der Waals surface area (Å²) in [6, 6.07) is -0.423. The molecule has 18 heavy (non-hydrogen) atoms. The first-order valence-electron chi connectivity index (χ1n) is 5.16. The summed E-state index contributed by atoms with van der Waals surface area (Å²) in [5, 5.41) is 8.76. The van der Waals surface area contributed by atoms with Gasteiger partial charge in [-0.1, -0.05) is 11.6 Å². The van der Waals surface area contributed by atoms with E-state index in [9.17, 15) is 8.42 Å². The first kappa shape index (κ1) is 15.8. The zero-order chi connectivity index (χ0) is 13.9. The lowest BCUT2D eigenvalue weighted by atomic mass is 10.3. The van der Waals surface area contributed by atoms with Gasteiger partial charge in [0.15, 0.2) is 0 Å². The highest BCUT2D eigenvalue weighted by molar-refractivity contribution is 7.99. The van der Waals surface area contributed by atoms with Crippen LogP contribution in [0.3, 0.4) is 0 Å². The Morgan fingerprint density at radius 3 is 2.67 bits per heavy atom. The molecule has 1 heterocycles. The number of hydrogen-bond acceptors (Lipinski definition) is 5. The second-order valence-electron chi connectivity index (χ2n) is 3.82. The molecule has 0 saturated carbocycles. The zero-order valence-electron chi connectivity index (χ0n) is 10.3. The number of aliphatic hydroxyl groups is 1. The Balaban J connectivity index is 2.92. The smallest absolute Gasteiger partial charge is 0.261 e. The molecule has 104 valence electrons. The Bertz CT molecular complexity index is 499. The Hall–Kier alpha value is -0.280. The van der Waals surface area contributed by atoms with E-state index in [0.29, 0.717) is 0 Å². The topological polar surface area (TPSA) is 84.2 Å². The van der Waals surface area contributed by atoms with E-state index >= 15 is 0 Å². The normalized spacial score (nSPS) is 15.6. The van der Waals surface area contributed by atoms with Crippen molar-refractivity contribution < 1.29 is 13.5 Å². The van der Waals surface area contributed by atoms with Crippen molar-refractivity contribution >= 4 is 33.4 Å². The van der Waals surface area contributed by atoms with Gasteiger partial charge < -0.3 is 9.67 Å². The minimum atomic E-state index is -3.77. The van der Waals surface area contributed by atoms with E-state index in [1.54, 1.807) is 20.2 Å². The number of sulfonamides is 1. The summed E-state index contributed by atoms with van der Waals surface area (Å²) in [6.45, 7) is 1.58. The Morgan fingerprint density at radius 1 is 1.67 bits per heavy atom. The molecular weight excluding hydrogens is 298 g/mol. The largest absolute Gasteiger partial charge is 0.395 e. The number of imidazole rings is 1. The third-order valence-corrected chi connectivity index (χ3v) is 5.68. The van der Waals surface area contributed by atoms with Crippen LogP contribution in [0.4, 0.5) is 0 Å². The Kier molecular flexibility index (Phi) is 5.47. The molecule has 0 bridgehead atoms. The first-order chi connectivity index (χ1) is 8.33. The second-order valence-corrected chi connectivity index (χ2v) is 6.88. The van der Waals surface area contributed by atoms with Crippen molar-refractivity contribution in [3.8, 4) is 0 Å². The number of nitrogens with one attached hydrogen (secondary N) is 1. The van der Waals surface area contributed by atoms with Gasteiger partial charge in [0.2, 0.25) is 5.03 Å². The zero-order valence-corrected chi connectivity index (χ0v) is 12.7. The molecule has 0 aliphatic carbocycles. The van der Waals surface area contributed by atoms with Gasteiger partial charge in [-0.05, 0) is 13.2 Å². The van der Waals surface area contributed by atoms with Crippen LogP contribution in [-0.4, -0.2) is 47.2 Å². The summed E-state index contributed by atoms with van der Waals surface area (Å²) in [6.07, 6.45) is 3.14. The van der Waals surface area contributed by atoms with Crippen LogP contribution in [0.5, 0.6) is 0 Å². The fourth-order valence-electron chi connectivity index (χ4n) is 1.39. The molecule has 1 rings (SSSR count). The maximum Gasteiger partial charge on any atom is 0.261 e. The molecule has 0 aliphatic rings. The van der Waals surface area contributed by atoms with Crippen LogP contribution in [0.15, 0.2) is 11.4 Å². The molecule has 0 spiro atoms. The predicted octanol–water partition coefficient (Wildman–Crippen LogP) is 0.464. The lowest BCUT2D eigenvalue weighted by Gasteiger charge is -2.20. The monoisotopic (exact) mass is 313 g/mol. The highest BCUT2D eigenvalue weighted by Gasteiger charge is 2.27. The molecule has 2 unspecified atom stereocenters. The summed E-state index contributed by atoms with van der Waals surface area (Å²) >= 11 is 7.24. The molecule has 0 saturated heterocycles. The van der Waals surface area contributed by atoms with Gasteiger partial charge in [0.05, 0.1) is 12.9 Å². The number of aliphatic hydroxyl groups excluding tert-OH is 1. The van der Waals surface area contributed by atoms with Crippen molar-refractivity contribution in [2.24, 2.45) is 7.05 Å². The number of halogens is 1. The van der Waals surface area contributed by atoms with Crippen LogP contribution in [0.2, 0.25) is 5.15 Å².